The van der Waals surface area contributed by atoms with Crippen molar-refractivity contribution in [2.75, 3.05) is 25.1 Å². The van der Waals surface area contributed by atoms with Crippen LogP contribution in [0.15, 0.2) is 35.3 Å². The number of likely N-dealkylation sites (N-methyl/N-ethyl adjacent to an activating group) is 1. The Hall–Kier alpha value is -2.54. The maximum atomic E-state index is 12.6. The summed E-state index contributed by atoms with van der Waals surface area (Å²) in [6.07, 6.45) is 10.6. The van der Waals surface area contributed by atoms with Crippen molar-refractivity contribution in [2.24, 2.45) is 0 Å². The maximum Gasteiger partial charge on any atom is 0.253 e. The largest absolute Gasteiger partial charge is 0.382 e. The molecule has 0 radical (unpaired) electrons. The molecule has 0 saturated carbocycles. The molecule has 2 heterocycles. The van der Waals surface area contributed by atoms with Crippen molar-refractivity contribution < 1.29 is 4.79 Å². The number of rotatable bonds is 13. The molecule has 6 nitrogen and oxygen atoms in total. The van der Waals surface area contributed by atoms with E-state index in [1.807, 2.05) is 26.1 Å². The van der Waals surface area contributed by atoms with E-state index in [0.29, 0.717) is 11.4 Å². The zero-order valence-electron chi connectivity index (χ0n) is 21.8. The highest BCUT2D eigenvalue weighted by Crippen LogP contribution is 2.27. The van der Waals surface area contributed by atoms with E-state index in [0.717, 1.165) is 79.1 Å². The average molecular weight is 484 g/mol. The first-order chi connectivity index (χ1) is 16.2. The number of hydrogen-bond donors (Lipinski definition) is 1. The van der Waals surface area contributed by atoms with Gasteiger partial charge in [0, 0.05) is 37.8 Å². The summed E-state index contributed by atoms with van der Waals surface area (Å²) in [4.78, 5) is 24.8. The number of allylic oxidation sites excluding steroid dienone is 3. The van der Waals surface area contributed by atoms with Gasteiger partial charge in [-0.3, -0.25) is 4.79 Å². The van der Waals surface area contributed by atoms with E-state index in [1.165, 1.54) is 4.91 Å². The lowest BCUT2D eigenvalue weighted by Crippen LogP contribution is -2.28. The van der Waals surface area contributed by atoms with Crippen LogP contribution in [0.4, 0.5) is 5.82 Å². The second-order valence-corrected chi connectivity index (χ2v) is 10.1. The van der Waals surface area contributed by atoms with Crippen molar-refractivity contribution in [1.29, 1.82) is 0 Å². The number of aryl methyl sites for hydroxylation is 4. The molecule has 2 aromatic heterocycles. The van der Waals surface area contributed by atoms with Gasteiger partial charge in [0.2, 0.25) is 0 Å². The monoisotopic (exact) mass is 483 g/mol. The smallest absolute Gasteiger partial charge is 0.253 e. The molecule has 186 valence electrons. The summed E-state index contributed by atoms with van der Waals surface area (Å²) in [5.41, 5.74) is 10.9. The van der Waals surface area contributed by atoms with Crippen molar-refractivity contribution >= 4 is 34.5 Å². The Balaban J connectivity index is 2.05. The summed E-state index contributed by atoms with van der Waals surface area (Å²) in [5.74, 6) is 2.60. The van der Waals surface area contributed by atoms with Crippen LogP contribution in [0.5, 0.6) is 0 Å². The molecule has 0 aliphatic carbocycles. The average Bonchev–Trinajstić information content (AvgIpc) is 3.18. The van der Waals surface area contributed by atoms with Crippen molar-refractivity contribution in [2.45, 2.75) is 73.3 Å². The fourth-order valence-corrected chi connectivity index (χ4v) is 4.62. The number of amides is 1. The zero-order valence-corrected chi connectivity index (χ0v) is 22.6. The van der Waals surface area contributed by atoms with Gasteiger partial charge in [-0.1, -0.05) is 39.0 Å². The van der Waals surface area contributed by atoms with Crippen LogP contribution in [0.2, 0.25) is 0 Å². The molecule has 1 amide bonds. The van der Waals surface area contributed by atoms with E-state index in [9.17, 15) is 4.79 Å². The minimum Gasteiger partial charge on any atom is -0.382 e. The highest BCUT2D eigenvalue weighted by molar-refractivity contribution is 8.03. The Morgan fingerprint density at radius 2 is 1.91 bits per heavy atom. The zero-order chi connectivity index (χ0) is 25.3. The molecule has 0 aromatic carbocycles. The predicted molar refractivity (Wildman–Crippen MR) is 147 cm³/mol. The summed E-state index contributed by atoms with van der Waals surface area (Å²) in [5, 5.41) is 0. The molecule has 2 aromatic rings. The van der Waals surface area contributed by atoms with Gasteiger partial charge in [0.25, 0.3) is 5.91 Å². The normalized spacial score (nSPS) is 12.4. The number of nitrogens with zero attached hydrogens (tertiary/aromatic N) is 4. The third-order valence-electron chi connectivity index (χ3n) is 5.96. The number of carbonyl (C=O) groups is 1. The molecular formula is C27H41N5OS. The number of aromatic nitrogens is 3. The second-order valence-electron chi connectivity index (χ2n) is 8.72. The molecule has 0 aliphatic heterocycles. The summed E-state index contributed by atoms with van der Waals surface area (Å²) in [7, 11) is 1.85. The van der Waals surface area contributed by atoms with E-state index in [-0.39, 0.29) is 5.91 Å². The van der Waals surface area contributed by atoms with Crippen LogP contribution >= 0.6 is 11.8 Å². The minimum absolute atomic E-state index is 0.0207. The molecule has 0 atom stereocenters. The molecule has 2 N–H and O–H groups in total. The lowest BCUT2D eigenvalue weighted by atomic mass is 10.2. The van der Waals surface area contributed by atoms with E-state index in [1.54, 1.807) is 22.7 Å². The fraction of sp³-hybridized carbons (Fsp3) is 0.519. The van der Waals surface area contributed by atoms with E-state index >= 15 is 0 Å². The summed E-state index contributed by atoms with van der Waals surface area (Å²) in [6, 6.07) is 0. The molecule has 0 saturated heterocycles. The van der Waals surface area contributed by atoms with E-state index in [4.69, 9.17) is 10.7 Å². The van der Waals surface area contributed by atoms with Crippen LogP contribution in [0, 0.1) is 13.8 Å². The van der Waals surface area contributed by atoms with Crippen LogP contribution < -0.4 is 5.73 Å². The molecule has 0 bridgehead atoms. The van der Waals surface area contributed by atoms with E-state index < -0.39 is 0 Å². The first-order valence-electron chi connectivity index (χ1n) is 12.3. The number of nitrogens with two attached hydrogens (primary N) is 1. The molecule has 34 heavy (non-hydrogen) atoms. The SMILES string of the molecule is C=C/C(=C\C=C(/C)SCCCn1c(CCC)nc2c(N)nc(C)c(C)c21)C(=O)N(C)CCCC. The lowest BCUT2D eigenvalue weighted by molar-refractivity contribution is -0.125. The molecule has 0 fully saturated rings. The van der Waals surface area contributed by atoms with Gasteiger partial charge in [-0.2, -0.15) is 0 Å². The van der Waals surface area contributed by atoms with Gasteiger partial charge in [0.15, 0.2) is 5.82 Å². The molecule has 7 heteroatoms. The minimum atomic E-state index is 0.0207. The number of unbranched alkanes of at least 4 members (excludes halogenated alkanes) is 1. The molecule has 0 aliphatic rings. The van der Waals surface area contributed by atoms with Crippen molar-refractivity contribution in [1.82, 2.24) is 19.4 Å². The fourth-order valence-electron chi connectivity index (χ4n) is 3.86. The third kappa shape index (κ3) is 6.98. The highest BCUT2D eigenvalue weighted by Gasteiger charge is 2.17. The summed E-state index contributed by atoms with van der Waals surface area (Å²) >= 11 is 1.81. The first-order valence-corrected chi connectivity index (χ1v) is 13.2. The Bertz CT molecular complexity index is 1070. The number of pyridine rings is 1. The van der Waals surface area contributed by atoms with E-state index in [2.05, 4.69) is 43.8 Å². The number of fused-ring (bicyclic) bond motifs is 1. The molecular weight excluding hydrogens is 442 g/mol. The number of imidazole rings is 1. The highest BCUT2D eigenvalue weighted by atomic mass is 32.2. The van der Waals surface area contributed by atoms with Crippen molar-refractivity contribution in [3.05, 3.63) is 52.4 Å². The lowest BCUT2D eigenvalue weighted by Gasteiger charge is -2.17. The van der Waals surface area contributed by atoms with Gasteiger partial charge in [-0.05, 0) is 62.3 Å². The number of nitrogen functional groups attached to an aromatic ring is 1. The predicted octanol–water partition coefficient (Wildman–Crippen LogP) is 5.98. The maximum absolute atomic E-state index is 12.6. The number of carbonyl (C=O) groups excluding carboxylic acids is 1. The number of anilines is 1. The molecule has 2 rings (SSSR count). The summed E-state index contributed by atoms with van der Waals surface area (Å²) < 4.78 is 2.33. The number of thioether (sulfide) groups is 1. The van der Waals surface area contributed by atoms with Crippen molar-refractivity contribution in [3.63, 3.8) is 0 Å². The third-order valence-corrected chi connectivity index (χ3v) is 7.05. The van der Waals surface area contributed by atoms with Gasteiger partial charge >= 0.3 is 0 Å². The molecule has 0 unspecified atom stereocenters. The Kier molecular flexibility index (Phi) is 10.9. The van der Waals surface area contributed by atoms with Gasteiger partial charge in [0.1, 0.15) is 11.3 Å². The Morgan fingerprint density at radius 1 is 1.18 bits per heavy atom. The number of hydrogen-bond acceptors (Lipinski definition) is 5. The first kappa shape index (κ1) is 27.7. The standard InChI is InChI=1S/C27H41N5OS/c1-8-11-16-31(7)27(33)22(10-3)15-14-19(4)34-18-12-17-32-23(13-9-2)30-24-25(32)20(5)21(6)29-26(24)28/h10,14-15H,3,8-9,11-13,16-18H2,1-2,4-7H3,(H2,28,29)/b19-14+,22-15+. The van der Waals surface area contributed by atoms with Crippen LogP contribution in [0.1, 0.15) is 63.5 Å². The van der Waals surface area contributed by atoms with Gasteiger partial charge in [-0.15, -0.1) is 11.8 Å². The Labute approximate surface area is 209 Å². The molecule has 0 spiro atoms. The second kappa shape index (κ2) is 13.4. The Morgan fingerprint density at radius 3 is 2.56 bits per heavy atom. The van der Waals surface area contributed by atoms with Crippen LogP contribution in [-0.2, 0) is 17.8 Å². The van der Waals surface area contributed by atoms with Crippen LogP contribution in [0.25, 0.3) is 11.0 Å². The van der Waals surface area contributed by atoms with Gasteiger partial charge in [0.05, 0.1) is 5.52 Å². The van der Waals surface area contributed by atoms with Crippen LogP contribution in [0.3, 0.4) is 0 Å². The van der Waals surface area contributed by atoms with Gasteiger partial charge < -0.3 is 15.2 Å². The quantitative estimate of drug-likeness (QED) is 0.215. The van der Waals surface area contributed by atoms with Gasteiger partial charge in [-0.25, -0.2) is 9.97 Å². The topological polar surface area (TPSA) is 77.0 Å². The summed E-state index contributed by atoms with van der Waals surface area (Å²) in [6.45, 7) is 16.0. The van der Waals surface area contributed by atoms with Crippen molar-refractivity contribution in [3.8, 4) is 0 Å². The van der Waals surface area contributed by atoms with Crippen LogP contribution in [-0.4, -0.2) is 44.7 Å².